The van der Waals surface area contributed by atoms with Crippen LogP contribution in [0.1, 0.15) is 11.3 Å². The van der Waals surface area contributed by atoms with Crippen molar-refractivity contribution in [3.63, 3.8) is 0 Å². The van der Waals surface area contributed by atoms with Gasteiger partial charge in [-0.1, -0.05) is 12.1 Å². The molecule has 9 heteroatoms. The average molecular weight is 328 g/mol. The van der Waals surface area contributed by atoms with Gasteiger partial charge in [0.1, 0.15) is 17.8 Å². The topological polar surface area (TPSA) is 113 Å². The largest absolute Gasteiger partial charge is 0.497 e. The summed E-state index contributed by atoms with van der Waals surface area (Å²) in [6.07, 6.45) is 1.36. The predicted molar refractivity (Wildman–Crippen MR) is 87.2 cm³/mol. The number of nitrogens with one attached hydrogen (secondary N) is 3. The van der Waals surface area contributed by atoms with E-state index in [1.54, 1.807) is 14.0 Å². The van der Waals surface area contributed by atoms with Crippen LogP contribution in [0.3, 0.4) is 0 Å². The van der Waals surface area contributed by atoms with Crippen molar-refractivity contribution >= 4 is 17.5 Å². The minimum Gasteiger partial charge on any atom is -0.497 e. The van der Waals surface area contributed by atoms with E-state index in [2.05, 4.69) is 25.7 Å². The molecule has 0 unspecified atom stereocenters. The van der Waals surface area contributed by atoms with Crippen molar-refractivity contribution in [3.8, 4) is 5.75 Å². The zero-order chi connectivity index (χ0) is 17.1. The molecule has 3 rings (SSSR count). The number of carbonyl (C=O) groups is 1. The van der Waals surface area contributed by atoms with Gasteiger partial charge in [-0.2, -0.15) is 4.52 Å². The second-order valence-electron chi connectivity index (χ2n) is 5.06. The van der Waals surface area contributed by atoms with E-state index in [0.29, 0.717) is 18.0 Å². The SMILES string of the molecule is COc1cccc(CNC(=O)Nc2c(C)nc3nc[nH]n3c2=O)c1. The summed E-state index contributed by atoms with van der Waals surface area (Å²) in [6, 6.07) is 6.83. The highest BCUT2D eigenvalue weighted by Crippen LogP contribution is 2.12. The normalized spacial score (nSPS) is 10.6. The number of H-pyrrole nitrogens is 1. The molecular weight excluding hydrogens is 312 g/mol. The van der Waals surface area contributed by atoms with Gasteiger partial charge in [-0.05, 0) is 24.6 Å². The molecule has 0 aliphatic carbocycles. The summed E-state index contributed by atoms with van der Waals surface area (Å²) in [4.78, 5) is 32.4. The number of carbonyl (C=O) groups excluding carboxylic acids is 1. The zero-order valence-electron chi connectivity index (χ0n) is 13.2. The number of urea groups is 1. The summed E-state index contributed by atoms with van der Waals surface area (Å²) in [6.45, 7) is 1.93. The molecule has 0 aliphatic rings. The number of amides is 2. The van der Waals surface area contributed by atoms with Gasteiger partial charge in [0.05, 0.1) is 12.8 Å². The van der Waals surface area contributed by atoms with E-state index in [1.807, 2.05) is 24.3 Å². The molecule has 124 valence electrons. The van der Waals surface area contributed by atoms with E-state index in [-0.39, 0.29) is 11.5 Å². The average Bonchev–Trinajstić information content (AvgIpc) is 3.05. The van der Waals surface area contributed by atoms with Gasteiger partial charge in [0, 0.05) is 6.54 Å². The van der Waals surface area contributed by atoms with Crippen LogP contribution >= 0.6 is 0 Å². The molecule has 0 atom stereocenters. The van der Waals surface area contributed by atoms with Crippen LogP contribution in [-0.2, 0) is 6.54 Å². The first-order valence-corrected chi connectivity index (χ1v) is 7.19. The van der Waals surface area contributed by atoms with Gasteiger partial charge < -0.3 is 15.4 Å². The molecule has 9 nitrogen and oxygen atoms in total. The summed E-state index contributed by atoms with van der Waals surface area (Å²) in [5, 5.41) is 7.87. The Kier molecular flexibility index (Phi) is 4.15. The highest BCUT2D eigenvalue weighted by molar-refractivity contribution is 5.89. The van der Waals surface area contributed by atoms with Crippen molar-refractivity contribution < 1.29 is 9.53 Å². The fourth-order valence-corrected chi connectivity index (χ4v) is 2.23. The van der Waals surface area contributed by atoms with Crippen molar-refractivity contribution in [2.24, 2.45) is 0 Å². The molecule has 24 heavy (non-hydrogen) atoms. The van der Waals surface area contributed by atoms with E-state index in [4.69, 9.17) is 4.74 Å². The van der Waals surface area contributed by atoms with E-state index in [9.17, 15) is 9.59 Å². The van der Waals surface area contributed by atoms with E-state index in [0.717, 1.165) is 10.1 Å². The molecule has 1 aromatic carbocycles. The maximum atomic E-state index is 12.3. The fourth-order valence-electron chi connectivity index (χ4n) is 2.23. The predicted octanol–water partition coefficient (Wildman–Crippen LogP) is 1.06. The van der Waals surface area contributed by atoms with Crippen LogP contribution in [0, 0.1) is 6.92 Å². The molecule has 3 N–H and O–H groups in total. The molecule has 3 aromatic rings. The number of hydrogen-bond acceptors (Lipinski definition) is 5. The zero-order valence-corrected chi connectivity index (χ0v) is 13.2. The molecule has 0 aliphatic heterocycles. The number of nitrogens with zero attached hydrogens (tertiary/aromatic N) is 3. The number of rotatable bonds is 4. The highest BCUT2D eigenvalue weighted by Gasteiger charge is 2.13. The van der Waals surface area contributed by atoms with Gasteiger partial charge in [0.2, 0.25) is 0 Å². The Morgan fingerprint density at radius 3 is 3.04 bits per heavy atom. The number of aryl methyl sites for hydroxylation is 1. The molecule has 0 bridgehead atoms. The monoisotopic (exact) mass is 328 g/mol. The lowest BCUT2D eigenvalue weighted by Crippen LogP contribution is -2.32. The Hall–Kier alpha value is -3.36. The number of hydrogen-bond donors (Lipinski definition) is 3. The number of anilines is 1. The molecule has 0 fully saturated rings. The lowest BCUT2D eigenvalue weighted by Gasteiger charge is -2.09. The van der Waals surface area contributed by atoms with Crippen molar-refractivity contribution in [3.05, 3.63) is 52.2 Å². The van der Waals surface area contributed by atoms with Gasteiger partial charge >= 0.3 is 6.03 Å². The van der Waals surface area contributed by atoms with E-state index >= 15 is 0 Å². The summed E-state index contributed by atoms with van der Waals surface area (Å²) < 4.78 is 6.29. The molecule has 2 heterocycles. The quantitative estimate of drug-likeness (QED) is 0.662. The third-order valence-corrected chi connectivity index (χ3v) is 3.44. The first-order chi connectivity index (χ1) is 11.6. The van der Waals surface area contributed by atoms with Crippen LogP contribution in [0.5, 0.6) is 5.75 Å². The van der Waals surface area contributed by atoms with Gasteiger partial charge in [-0.15, -0.1) is 0 Å². The Labute approximate surface area is 136 Å². The Bertz CT molecular complexity index is 946. The third kappa shape index (κ3) is 3.05. The molecule has 0 saturated heterocycles. The first-order valence-electron chi connectivity index (χ1n) is 7.19. The number of fused-ring (bicyclic) bond motifs is 1. The second-order valence-corrected chi connectivity index (χ2v) is 5.06. The van der Waals surface area contributed by atoms with Crippen LogP contribution in [0.2, 0.25) is 0 Å². The van der Waals surface area contributed by atoms with E-state index < -0.39 is 11.6 Å². The summed E-state index contributed by atoms with van der Waals surface area (Å²) in [5.74, 6) is 0.956. The molecule has 0 spiro atoms. The number of aromatic amines is 1. The maximum absolute atomic E-state index is 12.3. The summed E-state index contributed by atoms with van der Waals surface area (Å²) in [7, 11) is 1.58. The van der Waals surface area contributed by atoms with Crippen LogP contribution in [0.15, 0.2) is 35.4 Å². The Morgan fingerprint density at radius 2 is 2.25 bits per heavy atom. The number of methoxy groups -OCH3 is 1. The van der Waals surface area contributed by atoms with Crippen molar-refractivity contribution in [1.29, 1.82) is 0 Å². The molecule has 0 saturated carbocycles. The van der Waals surface area contributed by atoms with Crippen LogP contribution in [0.4, 0.5) is 10.5 Å². The standard InChI is InChI=1S/C15H16N6O3/c1-9-12(13(22)21-14(19-9)17-8-18-21)20-15(23)16-7-10-4-3-5-11(6-10)24-2/h3-6,8H,7H2,1-2H3,(H2,16,20,23)(H,17,18,19). The fraction of sp³-hybridized carbons (Fsp3) is 0.200. The second kappa shape index (κ2) is 6.41. The lowest BCUT2D eigenvalue weighted by molar-refractivity contribution is 0.251. The Balaban J connectivity index is 1.72. The van der Waals surface area contributed by atoms with Crippen molar-refractivity contribution in [2.45, 2.75) is 13.5 Å². The lowest BCUT2D eigenvalue weighted by atomic mass is 10.2. The first kappa shape index (κ1) is 15.5. The molecule has 2 aromatic heterocycles. The van der Waals surface area contributed by atoms with Gasteiger partial charge in [-0.3, -0.25) is 9.89 Å². The van der Waals surface area contributed by atoms with Crippen LogP contribution < -0.4 is 20.9 Å². The van der Waals surface area contributed by atoms with Crippen molar-refractivity contribution in [1.82, 2.24) is 24.9 Å². The third-order valence-electron chi connectivity index (χ3n) is 3.44. The molecule has 2 amide bonds. The summed E-state index contributed by atoms with van der Waals surface area (Å²) in [5.41, 5.74) is 0.940. The number of ether oxygens (including phenoxy) is 1. The highest BCUT2D eigenvalue weighted by atomic mass is 16.5. The van der Waals surface area contributed by atoms with Crippen LogP contribution in [0.25, 0.3) is 5.78 Å². The number of aromatic nitrogens is 4. The molecule has 0 radical (unpaired) electrons. The smallest absolute Gasteiger partial charge is 0.319 e. The summed E-state index contributed by atoms with van der Waals surface area (Å²) >= 11 is 0. The van der Waals surface area contributed by atoms with Gasteiger partial charge in [0.15, 0.2) is 0 Å². The van der Waals surface area contributed by atoms with E-state index in [1.165, 1.54) is 6.33 Å². The number of benzene rings is 1. The Morgan fingerprint density at radius 1 is 1.42 bits per heavy atom. The van der Waals surface area contributed by atoms with Gasteiger partial charge in [0.25, 0.3) is 11.3 Å². The maximum Gasteiger partial charge on any atom is 0.319 e. The minimum absolute atomic E-state index is 0.0971. The van der Waals surface area contributed by atoms with Crippen molar-refractivity contribution in [2.75, 3.05) is 12.4 Å². The molecular formula is C15H16N6O3. The minimum atomic E-state index is -0.501. The van der Waals surface area contributed by atoms with Crippen LogP contribution in [-0.4, -0.2) is 32.7 Å². The van der Waals surface area contributed by atoms with Gasteiger partial charge in [-0.25, -0.2) is 14.8 Å².